The van der Waals surface area contributed by atoms with Gasteiger partial charge in [-0.15, -0.1) is 0 Å². The van der Waals surface area contributed by atoms with Crippen LogP contribution in [0, 0.1) is 0 Å². The number of nitrogens with zero attached hydrogens (tertiary/aromatic N) is 4. The van der Waals surface area contributed by atoms with Gasteiger partial charge in [0, 0.05) is 38.3 Å². The van der Waals surface area contributed by atoms with Gasteiger partial charge in [0.1, 0.15) is 0 Å². The number of hydrogen-bond acceptors (Lipinski definition) is 5. The molecule has 0 aliphatic carbocycles. The summed E-state index contributed by atoms with van der Waals surface area (Å²) in [5.74, 6) is 0. The lowest BCUT2D eigenvalue weighted by Crippen LogP contribution is -2.45. The third kappa shape index (κ3) is 3.80. The molecule has 1 aliphatic heterocycles. The lowest BCUT2D eigenvalue weighted by Gasteiger charge is -2.33. The Kier molecular flexibility index (Phi) is 5.14. The van der Waals surface area contributed by atoms with Gasteiger partial charge in [0.15, 0.2) is 0 Å². The monoisotopic (exact) mass is 279 g/mol. The Balaban J connectivity index is 2.04. The van der Waals surface area contributed by atoms with E-state index in [2.05, 4.69) is 28.9 Å². The molecule has 0 aromatic carbocycles. The van der Waals surface area contributed by atoms with Crippen molar-refractivity contribution in [2.75, 3.05) is 38.1 Å². The molecule has 1 aromatic rings. The van der Waals surface area contributed by atoms with Crippen molar-refractivity contribution in [1.29, 1.82) is 0 Å². The molecule has 1 fully saturated rings. The number of nitrogens with two attached hydrogens (primary N) is 1. The van der Waals surface area contributed by atoms with Crippen LogP contribution in [0.5, 0.6) is 0 Å². The third-order valence-corrected chi connectivity index (χ3v) is 3.79. The molecule has 6 heteroatoms. The Hall–Kier alpha value is -1.40. The van der Waals surface area contributed by atoms with E-state index in [4.69, 9.17) is 5.73 Å². The summed E-state index contributed by atoms with van der Waals surface area (Å²) in [5, 5.41) is 4.26. The van der Waals surface area contributed by atoms with E-state index in [0.717, 1.165) is 44.7 Å². The average molecular weight is 279 g/mol. The smallest absolute Gasteiger partial charge is 0.268 e. The number of likely N-dealkylation sites (N-methyl/N-ethyl adjacent to an activating group) is 1. The summed E-state index contributed by atoms with van der Waals surface area (Å²) in [7, 11) is 2.11. The van der Waals surface area contributed by atoms with E-state index < -0.39 is 0 Å². The summed E-state index contributed by atoms with van der Waals surface area (Å²) in [6, 6.07) is 1.68. The van der Waals surface area contributed by atoms with Crippen LogP contribution in [-0.2, 0) is 6.54 Å². The molecule has 2 N–H and O–H groups in total. The fourth-order valence-electron chi connectivity index (χ4n) is 2.48. The molecule has 1 aromatic heterocycles. The predicted octanol–water partition coefficient (Wildman–Crippen LogP) is 0.123. The molecule has 20 heavy (non-hydrogen) atoms. The van der Waals surface area contributed by atoms with Crippen molar-refractivity contribution in [1.82, 2.24) is 14.7 Å². The van der Waals surface area contributed by atoms with Crippen LogP contribution in [0.25, 0.3) is 0 Å². The molecule has 112 valence electrons. The summed E-state index contributed by atoms with van der Waals surface area (Å²) < 4.78 is 1.47. The fourth-order valence-corrected chi connectivity index (χ4v) is 2.48. The van der Waals surface area contributed by atoms with Crippen LogP contribution in [-0.4, -0.2) is 53.9 Å². The van der Waals surface area contributed by atoms with E-state index in [-0.39, 0.29) is 11.6 Å². The highest BCUT2D eigenvalue weighted by molar-refractivity contribution is 5.43. The normalized spacial score (nSPS) is 18.2. The van der Waals surface area contributed by atoms with E-state index >= 15 is 0 Å². The van der Waals surface area contributed by atoms with Crippen molar-refractivity contribution in [2.24, 2.45) is 5.73 Å². The first-order valence-electron chi connectivity index (χ1n) is 7.36. The van der Waals surface area contributed by atoms with Gasteiger partial charge in [-0.3, -0.25) is 4.79 Å². The quantitative estimate of drug-likeness (QED) is 0.829. The molecule has 0 spiro atoms. The van der Waals surface area contributed by atoms with Gasteiger partial charge in [0.25, 0.3) is 5.56 Å². The molecule has 0 radical (unpaired) electrons. The van der Waals surface area contributed by atoms with Crippen molar-refractivity contribution >= 4 is 5.69 Å². The second-order valence-corrected chi connectivity index (χ2v) is 5.57. The predicted molar refractivity (Wildman–Crippen MR) is 81.1 cm³/mol. The molecule has 0 saturated carbocycles. The molecule has 6 nitrogen and oxygen atoms in total. The van der Waals surface area contributed by atoms with Crippen LogP contribution in [0.15, 0.2) is 17.1 Å². The zero-order valence-electron chi connectivity index (χ0n) is 12.5. The van der Waals surface area contributed by atoms with Crippen molar-refractivity contribution in [3.63, 3.8) is 0 Å². The van der Waals surface area contributed by atoms with E-state index in [0.29, 0.717) is 6.54 Å². The minimum absolute atomic E-state index is 0.000290. The summed E-state index contributed by atoms with van der Waals surface area (Å²) in [4.78, 5) is 16.6. The maximum Gasteiger partial charge on any atom is 0.268 e. The fraction of sp³-hybridized carbons (Fsp3) is 0.714. The Morgan fingerprint density at radius 1 is 1.35 bits per heavy atom. The summed E-state index contributed by atoms with van der Waals surface area (Å²) in [6.45, 7) is 6.51. The Bertz CT molecular complexity index is 479. The van der Waals surface area contributed by atoms with Crippen LogP contribution in [0.4, 0.5) is 5.69 Å². The second-order valence-electron chi connectivity index (χ2n) is 5.57. The SMILES string of the molecule is CCCC(N)Cn1ncc(N2CCN(C)CC2)cc1=O. The molecular weight excluding hydrogens is 254 g/mol. The molecule has 0 amide bonds. The Morgan fingerprint density at radius 2 is 2.05 bits per heavy atom. The molecule has 1 aliphatic rings. The standard InChI is InChI=1S/C14H25N5O/c1-3-4-12(15)11-19-14(20)9-13(10-16-19)18-7-5-17(2)6-8-18/h9-10,12H,3-8,11,15H2,1-2H3. The van der Waals surface area contributed by atoms with Crippen LogP contribution < -0.4 is 16.2 Å². The maximum absolute atomic E-state index is 12.1. The van der Waals surface area contributed by atoms with Crippen molar-refractivity contribution < 1.29 is 0 Å². The minimum atomic E-state index is -0.0621. The molecule has 0 bridgehead atoms. The van der Waals surface area contributed by atoms with Crippen LogP contribution in [0.1, 0.15) is 19.8 Å². The minimum Gasteiger partial charge on any atom is -0.368 e. The average Bonchev–Trinajstić information content (AvgIpc) is 2.42. The van der Waals surface area contributed by atoms with Gasteiger partial charge in [-0.1, -0.05) is 13.3 Å². The van der Waals surface area contributed by atoms with Crippen LogP contribution >= 0.6 is 0 Å². The van der Waals surface area contributed by atoms with Gasteiger partial charge < -0.3 is 15.5 Å². The van der Waals surface area contributed by atoms with Crippen molar-refractivity contribution in [3.05, 3.63) is 22.6 Å². The van der Waals surface area contributed by atoms with E-state index in [1.54, 1.807) is 12.3 Å². The number of anilines is 1. The van der Waals surface area contributed by atoms with Crippen LogP contribution in [0.3, 0.4) is 0 Å². The number of piperazine rings is 1. The first-order chi connectivity index (χ1) is 9.60. The van der Waals surface area contributed by atoms with Crippen molar-refractivity contribution in [2.45, 2.75) is 32.4 Å². The van der Waals surface area contributed by atoms with E-state index in [1.165, 1.54) is 4.68 Å². The lowest BCUT2D eigenvalue weighted by atomic mass is 10.2. The van der Waals surface area contributed by atoms with Gasteiger partial charge in [-0.05, 0) is 13.5 Å². The third-order valence-electron chi connectivity index (χ3n) is 3.79. The zero-order valence-corrected chi connectivity index (χ0v) is 12.5. The number of aromatic nitrogens is 2. The zero-order chi connectivity index (χ0) is 14.5. The second kappa shape index (κ2) is 6.85. The highest BCUT2D eigenvalue weighted by Gasteiger charge is 2.15. The first kappa shape index (κ1) is 15.0. The molecule has 1 unspecified atom stereocenters. The number of rotatable bonds is 5. The first-order valence-corrected chi connectivity index (χ1v) is 7.36. The molecular formula is C14H25N5O. The Morgan fingerprint density at radius 3 is 2.65 bits per heavy atom. The molecule has 2 rings (SSSR count). The van der Waals surface area contributed by atoms with E-state index in [9.17, 15) is 4.79 Å². The van der Waals surface area contributed by atoms with Gasteiger partial charge >= 0.3 is 0 Å². The van der Waals surface area contributed by atoms with Gasteiger partial charge in [-0.25, -0.2) is 4.68 Å². The molecule has 1 saturated heterocycles. The lowest BCUT2D eigenvalue weighted by molar-refractivity contribution is 0.312. The highest BCUT2D eigenvalue weighted by Crippen LogP contribution is 2.12. The summed E-state index contributed by atoms with van der Waals surface area (Å²) in [6.07, 6.45) is 3.72. The van der Waals surface area contributed by atoms with Crippen LogP contribution in [0.2, 0.25) is 0 Å². The van der Waals surface area contributed by atoms with E-state index in [1.807, 2.05) is 0 Å². The maximum atomic E-state index is 12.1. The van der Waals surface area contributed by atoms with Gasteiger partial charge in [-0.2, -0.15) is 5.10 Å². The van der Waals surface area contributed by atoms with Gasteiger partial charge in [0.2, 0.25) is 0 Å². The topological polar surface area (TPSA) is 67.4 Å². The summed E-state index contributed by atoms with van der Waals surface area (Å²) in [5.41, 5.74) is 6.82. The number of hydrogen-bond donors (Lipinski definition) is 1. The highest BCUT2D eigenvalue weighted by atomic mass is 16.1. The largest absolute Gasteiger partial charge is 0.368 e. The Labute approximate surface area is 120 Å². The molecule has 2 heterocycles. The summed E-state index contributed by atoms with van der Waals surface area (Å²) >= 11 is 0. The van der Waals surface area contributed by atoms with Crippen molar-refractivity contribution in [3.8, 4) is 0 Å². The van der Waals surface area contributed by atoms with Gasteiger partial charge in [0.05, 0.1) is 18.4 Å². The molecule has 1 atom stereocenters.